The third-order valence-corrected chi connectivity index (χ3v) is 3.13. The first-order valence-electron chi connectivity index (χ1n) is 5.31. The van der Waals surface area contributed by atoms with Crippen LogP contribution in [0.4, 0.5) is 0 Å². The standard InChI is InChI=1S/C10H18NO3P/c1-2-14-10(13)7-9(12)8-3-5-11(15)6-4-8/h8H,2-7,15H2,1H3. The Bertz CT molecular complexity index is 237. The van der Waals surface area contributed by atoms with E-state index in [1.165, 1.54) is 0 Å². The Morgan fingerprint density at radius 2 is 2.00 bits per heavy atom. The van der Waals surface area contributed by atoms with Gasteiger partial charge in [0.2, 0.25) is 0 Å². The Labute approximate surface area is 92.6 Å². The summed E-state index contributed by atoms with van der Waals surface area (Å²) in [6, 6.07) is 0. The lowest BCUT2D eigenvalue weighted by Gasteiger charge is -2.27. The quantitative estimate of drug-likeness (QED) is 0.411. The molecule has 0 aliphatic carbocycles. The molecule has 1 aliphatic rings. The number of carbonyl (C=O) groups is 2. The van der Waals surface area contributed by atoms with Crippen LogP contribution in [0.25, 0.3) is 0 Å². The summed E-state index contributed by atoms with van der Waals surface area (Å²) in [7, 11) is 2.64. The molecule has 4 nitrogen and oxygen atoms in total. The zero-order chi connectivity index (χ0) is 11.3. The molecule has 0 amide bonds. The van der Waals surface area contributed by atoms with E-state index in [4.69, 9.17) is 4.74 Å². The number of ketones is 1. The van der Waals surface area contributed by atoms with Gasteiger partial charge >= 0.3 is 5.97 Å². The third kappa shape index (κ3) is 4.27. The van der Waals surface area contributed by atoms with Gasteiger partial charge in [-0.1, -0.05) is 9.39 Å². The summed E-state index contributed by atoms with van der Waals surface area (Å²) in [5, 5.41) is 0. The number of ether oxygens (including phenoxy) is 1. The number of nitrogens with zero attached hydrogens (tertiary/aromatic N) is 1. The second-order valence-electron chi connectivity index (χ2n) is 3.76. The van der Waals surface area contributed by atoms with Crippen LogP contribution in [0.5, 0.6) is 0 Å². The van der Waals surface area contributed by atoms with Crippen LogP contribution in [0.15, 0.2) is 0 Å². The average molecular weight is 231 g/mol. The van der Waals surface area contributed by atoms with Crippen molar-refractivity contribution < 1.29 is 14.3 Å². The number of hydrogen-bond acceptors (Lipinski definition) is 4. The van der Waals surface area contributed by atoms with Crippen molar-refractivity contribution in [3.05, 3.63) is 0 Å². The highest BCUT2D eigenvalue weighted by Crippen LogP contribution is 2.21. The van der Waals surface area contributed by atoms with Gasteiger partial charge in [-0.25, -0.2) is 0 Å². The Kier molecular flexibility index (Phi) is 5.20. The fourth-order valence-electron chi connectivity index (χ4n) is 1.72. The van der Waals surface area contributed by atoms with Gasteiger partial charge in [-0.2, -0.15) is 0 Å². The van der Waals surface area contributed by atoms with E-state index < -0.39 is 5.97 Å². The van der Waals surface area contributed by atoms with E-state index in [1.54, 1.807) is 6.92 Å². The zero-order valence-corrected chi connectivity index (χ0v) is 10.2. The number of carbonyl (C=O) groups excluding carboxylic acids is 2. The molecular weight excluding hydrogens is 213 g/mol. The first kappa shape index (κ1) is 12.6. The molecule has 1 unspecified atom stereocenters. The lowest BCUT2D eigenvalue weighted by Crippen LogP contribution is -2.31. The van der Waals surface area contributed by atoms with Gasteiger partial charge in [0, 0.05) is 19.0 Å². The van der Waals surface area contributed by atoms with Crippen LogP contribution in [0.1, 0.15) is 26.2 Å². The molecule has 1 atom stereocenters. The summed E-state index contributed by atoms with van der Waals surface area (Å²) in [5.74, 6) is -0.312. The summed E-state index contributed by atoms with van der Waals surface area (Å²) in [5.41, 5.74) is 0. The van der Waals surface area contributed by atoms with Crippen molar-refractivity contribution in [3.63, 3.8) is 0 Å². The number of hydrogen-bond donors (Lipinski definition) is 0. The van der Waals surface area contributed by atoms with Crippen LogP contribution in [0.3, 0.4) is 0 Å². The minimum Gasteiger partial charge on any atom is -0.466 e. The molecule has 1 rings (SSSR count). The molecule has 1 aliphatic heterocycles. The fraction of sp³-hybridized carbons (Fsp3) is 0.800. The van der Waals surface area contributed by atoms with Crippen molar-refractivity contribution in [2.24, 2.45) is 5.92 Å². The van der Waals surface area contributed by atoms with Crippen molar-refractivity contribution in [1.82, 2.24) is 4.67 Å². The highest BCUT2D eigenvalue weighted by Gasteiger charge is 2.25. The number of rotatable bonds is 4. The normalized spacial score (nSPS) is 18.8. The Hall–Kier alpha value is -0.470. The maximum absolute atomic E-state index is 11.7. The molecule has 1 heterocycles. The van der Waals surface area contributed by atoms with Crippen LogP contribution in [-0.2, 0) is 14.3 Å². The van der Waals surface area contributed by atoms with Gasteiger partial charge in [0.25, 0.3) is 0 Å². The minimum atomic E-state index is -0.393. The third-order valence-electron chi connectivity index (χ3n) is 2.61. The Balaban J connectivity index is 2.31. The Morgan fingerprint density at radius 1 is 1.40 bits per heavy atom. The second-order valence-corrected chi connectivity index (χ2v) is 4.49. The average Bonchev–Trinajstić information content (AvgIpc) is 2.18. The van der Waals surface area contributed by atoms with Gasteiger partial charge in [-0.3, -0.25) is 14.3 Å². The van der Waals surface area contributed by atoms with E-state index in [-0.39, 0.29) is 18.1 Å². The van der Waals surface area contributed by atoms with Gasteiger partial charge in [0.1, 0.15) is 12.2 Å². The molecule has 86 valence electrons. The minimum absolute atomic E-state index is 0.0338. The van der Waals surface area contributed by atoms with Gasteiger partial charge in [-0.05, 0) is 19.8 Å². The van der Waals surface area contributed by atoms with E-state index in [1.807, 2.05) is 0 Å². The summed E-state index contributed by atoms with van der Waals surface area (Å²) in [4.78, 5) is 22.8. The van der Waals surface area contributed by atoms with Crippen LogP contribution in [-0.4, -0.2) is 36.1 Å². The van der Waals surface area contributed by atoms with Gasteiger partial charge in [0.05, 0.1) is 6.61 Å². The largest absolute Gasteiger partial charge is 0.466 e. The van der Waals surface area contributed by atoms with Crippen molar-refractivity contribution >= 4 is 21.1 Å². The van der Waals surface area contributed by atoms with E-state index in [0.717, 1.165) is 25.9 Å². The highest BCUT2D eigenvalue weighted by atomic mass is 31.0. The van der Waals surface area contributed by atoms with E-state index >= 15 is 0 Å². The van der Waals surface area contributed by atoms with Gasteiger partial charge in [0.15, 0.2) is 0 Å². The van der Waals surface area contributed by atoms with Crippen LogP contribution < -0.4 is 0 Å². The summed E-state index contributed by atoms with van der Waals surface area (Å²) in [6.45, 7) is 3.90. The maximum Gasteiger partial charge on any atom is 0.313 e. The molecular formula is C10H18NO3P. The van der Waals surface area contributed by atoms with Crippen molar-refractivity contribution in [2.45, 2.75) is 26.2 Å². The molecule has 0 aromatic rings. The monoisotopic (exact) mass is 231 g/mol. The molecule has 5 heteroatoms. The molecule has 0 aromatic heterocycles. The fourth-order valence-corrected chi connectivity index (χ4v) is 2.02. The van der Waals surface area contributed by atoms with Gasteiger partial charge < -0.3 is 4.74 Å². The van der Waals surface area contributed by atoms with Crippen LogP contribution in [0, 0.1) is 5.92 Å². The van der Waals surface area contributed by atoms with Crippen LogP contribution in [0.2, 0.25) is 0 Å². The van der Waals surface area contributed by atoms with Crippen molar-refractivity contribution in [1.29, 1.82) is 0 Å². The van der Waals surface area contributed by atoms with E-state index in [9.17, 15) is 9.59 Å². The molecule has 0 aromatic carbocycles. The summed E-state index contributed by atoms with van der Waals surface area (Å²) >= 11 is 0. The zero-order valence-electron chi connectivity index (χ0n) is 9.07. The number of Topliss-reactive ketones (excluding diaryl/α,β-unsaturated/α-hetero) is 1. The number of esters is 1. The molecule has 0 spiro atoms. The summed E-state index contributed by atoms with van der Waals surface area (Å²) < 4.78 is 6.87. The topological polar surface area (TPSA) is 46.6 Å². The Morgan fingerprint density at radius 3 is 2.53 bits per heavy atom. The molecule has 15 heavy (non-hydrogen) atoms. The van der Waals surface area contributed by atoms with E-state index in [2.05, 4.69) is 14.1 Å². The number of piperidine rings is 1. The molecule has 0 N–H and O–H groups in total. The maximum atomic E-state index is 11.7. The van der Waals surface area contributed by atoms with E-state index in [0.29, 0.717) is 6.61 Å². The first-order chi connectivity index (χ1) is 7.13. The van der Waals surface area contributed by atoms with Gasteiger partial charge in [-0.15, -0.1) is 0 Å². The smallest absolute Gasteiger partial charge is 0.313 e. The van der Waals surface area contributed by atoms with Crippen molar-refractivity contribution in [2.75, 3.05) is 19.7 Å². The molecule has 0 radical (unpaired) electrons. The highest BCUT2D eigenvalue weighted by molar-refractivity contribution is 7.13. The molecule has 1 fully saturated rings. The lowest BCUT2D eigenvalue weighted by molar-refractivity contribution is -0.146. The van der Waals surface area contributed by atoms with Crippen molar-refractivity contribution in [3.8, 4) is 0 Å². The molecule has 1 saturated heterocycles. The molecule has 0 bridgehead atoms. The molecule has 0 saturated carbocycles. The summed E-state index contributed by atoms with van der Waals surface area (Å²) in [6.07, 6.45) is 1.64. The predicted octanol–water partition coefficient (Wildman–Crippen LogP) is 1.01. The predicted molar refractivity (Wildman–Crippen MR) is 60.3 cm³/mol. The van der Waals surface area contributed by atoms with Crippen LogP contribution >= 0.6 is 9.39 Å². The first-order valence-corrected chi connectivity index (χ1v) is 5.83. The lowest BCUT2D eigenvalue weighted by atomic mass is 9.92. The SMILES string of the molecule is CCOC(=O)CC(=O)C1CCN(P)CC1. The second kappa shape index (κ2) is 6.19.